The zero-order valence-corrected chi connectivity index (χ0v) is 14.3. The van der Waals surface area contributed by atoms with Crippen LogP contribution in [0.4, 0.5) is 0 Å². The summed E-state index contributed by atoms with van der Waals surface area (Å²) < 4.78 is 10.9. The Hall–Kier alpha value is -1.06. The molecule has 0 aromatic heterocycles. The molecule has 1 N–H and O–H groups in total. The molecule has 0 aliphatic carbocycles. The van der Waals surface area contributed by atoms with Crippen LogP contribution in [0, 0.1) is 13.8 Å². The third-order valence-corrected chi connectivity index (χ3v) is 3.79. The molecular weight excluding hydrogens is 262 g/mol. The van der Waals surface area contributed by atoms with Crippen LogP contribution >= 0.6 is 0 Å². The standard InChI is InChI=1S/C18H31NO2/c1-6-10-19-17(9-8-11-21-7-2)16-12-15(4)18(20-5)13-14(16)3/h12-13,17,19H,6-11H2,1-5H3. The molecule has 0 amide bonds. The van der Waals surface area contributed by atoms with Crippen LogP contribution in [0.2, 0.25) is 0 Å². The summed E-state index contributed by atoms with van der Waals surface area (Å²) in [6.07, 6.45) is 3.34. The highest BCUT2D eigenvalue weighted by molar-refractivity contribution is 5.42. The zero-order chi connectivity index (χ0) is 15.7. The molecular formula is C18H31NO2. The molecule has 1 rings (SSSR count). The van der Waals surface area contributed by atoms with Gasteiger partial charge in [0.25, 0.3) is 0 Å². The lowest BCUT2D eigenvalue weighted by atomic mass is 9.95. The minimum Gasteiger partial charge on any atom is -0.496 e. The first-order valence-corrected chi connectivity index (χ1v) is 8.10. The molecule has 0 bridgehead atoms. The molecule has 0 aliphatic heterocycles. The van der Waals surface area contributed by atoms with Crippen molar-refractivity contribution < 1.29 is 9.47 Å². The van der Waals surface area contributed by atoms with Crippen molar-refractivity contribution in [2.75, 3.05) is 26.9 Å². The normalized spacial score (nSPS) is 12.4. The lowest BCUT2D eigenvalue weighted by Crippen LogP contribution is -2.23. The second kappa shape index (κ2) is 9.80. The molecule has 1 atom stereocenters. The van der Waals surface area contributed by atoms with E-state index in [4.69, 9.17) is 9.47 Å². The summed E-state index contributed by atoms with van der Waals surface area (Å²) >= 11 is 0. The fourth-order valence-corrected chi connectivity index (χ4v) is 2.63. The molecule has 3 heteroatoms. The number of hydrogen-bond acceptors (Lipinski definition) is 3. The smallest absolute Gasteiger partial charge is 0.122 e. The molecule has 0 fully saturated rings. The van der Waals surface area contributed by atoms with Gasteiger partial charge in [-0.2, -0.15) is 0 Å². The van der Waals surface area contributed by atoms with Crippen LogP contribution in [-0.2, 0) is 4.74 Å². The predicted octanol–water partition coefficient (Wildman–Crippen LogP) is 4.17. The van der Waals surface area contributed by atoms with E-state index in [1.165, 1.54) is 16.7 Å². The number of aryl methyl sites for hydroxylation is 2. The minimum atomic E-state index is 0.398. The Labute approximate surface area is 130 Å². The first-order chi connectivity index (χ1) is 10.1. The van der Waals surface area contributed by atoms with Crippen molar-refractivity contribution in [3.63, 3.8) is 0 Å². The largest absolute Gasteiger partial charge is 0.496 e. The lowest BCUT2D eigenvalue weighted by molar-refractivity contribution is 0.141. The molecule has 0 radical (unpaired) electrons. The first kappa shape index (κ1) is 18.0. The Morgan fingerprint density at radius 1 is 1.14 bits per heavy atom. The summed E-state index contributed by atoms with van der Waals surface area (Å²) in [7, 11) is 1.73. The van der Waals surface area contributed by atoms with Gasteiger partial charge in [-0.25, -0.2) is 0 Å². The number of rotatable bonds is 10. The highest BCUT2D eigenvalue weighted by Gasteiger charge is 2.15. The van der Waals surface area contributed by atoms with Gasteiger partial charge in [-0.05, 0) is 69.3 Å². The Morgan fingerprint density at radius 2 is 1.90 bits per heavy atom. The molecule has 0 heterocycles. The van der Waals surface area contributed by atoms with E-state index in [-0.39, 0.29) is 0 Å². The lowest BCUT2D eigenvalue weighted by Gasteiger charge is -2.22. The van der Waals surface area contributed by atoms with Crippen molar-refractivity contribution in [1.82, 2.24) is 5.32 Å². The van der Waals surface area contributed by atoms with Crippen molar-refractivity contribution in [1.29, 1.82) is 0 Å². The number of methoxy groups -OCH3 is 1. The summed E-state index contributed by atoms with van der Waals surface area (Å²) in [6, 6.07) is 4.81. The summed E-state index contributed by atoms with van der Waals surface area (Å²) in [5.41, 5.74) is 3.88. The molecule has 1 aromatic carbocycles. The molecule has 120 valence electrons. The highest BCUT2D eigenvalue weighted by Crippen LogP contribution is 2.28. The van der Waals surface area contributed by atoms with Gasteiger partial charge in [0.05, 0.1) is 7.11 Å². The van der Waals surface area contributed by atoms with E-state index in [1.807, 2.05) is 6.92 Å². The Balaban J connectivity index is 2.83. The number of hydrogen-bond donors (Lipinski definition) is 1. The Morgan fingerprint density at radius 3 is 2.52 bits per heavy atom. The molecule has 1 aromatic rings. The van der Waals surface area contributed by atoms with Gasteiger partial charge in [0, 0.05) is 19.3 Å². The van der Waals surface area contributed by atoms with Crippen LogP contribution in [0.1, 0.15) is 55.8 Å². The fraction of sp³-hybridized carbons (Fsp3) is 0.667. The van der Waals surface area contributed by atoms with Crippen LogP contribution in [-0.4, -0.2) is 26.9 Å². The number of ether oxygens (including phenoxy) is 2. The first-order valence-electron chi connectivity index (χ1n) is 8.10. The van der Waals surface area contributed by atoms with Crippen LogP contribution in [0.3, 0.4) is 0 Å². The van der Waals surface area contributed by atoms with Crippen LogP contribution in [0.5, 0.6) is 5.75 Å². The predicted molar refractivity (Wildman–Crippen MR) is 89.2 cm³/mol. The molecule has 0 spiro atoms. The molecule has 0 saturated heterocycles. The SMILES string of the molecule is CCCNC(CCCOCC)c1cc(C)c(OC)cc1C. The van der Waals surface area contributed by atoms with E-state index in [2.05, 4.69) is 38.2 Å². The van der Waals surface area contributed by atoms with E-state index in [0.29, 0.717) is 6.04 Å². The van der Waals surface area contributed by atoms with Crippen molar-refractivity contribution >= 4 is 0 Å². The summed E-state index contributed by atoms with van der Waals surface area (Å²) in [5, 5.41) is 3.67. The summed E-state index contributed by atoms with van der Waals surface area (Å²) in [4.78, 5) is 0. The Kier molecular flexibility index (Phi) is 8.40. The maximum Gasteiger partial charge on any atom is 0.122 e. The molecule has 0 saturated carbocycles. The summed E-state index contributed by atoms with van der Waals surface area (Å²) in [6.45, 7) is 11.2. The average Bonchev–Trinajstić information content (AvgIpc) is 2.48. The van der Waals surface area contributed by atoms with Gasteiger partial charge >= 0.3 is 0 Å². The number of nitrogens with one attached hydrogen (secondary N) is 1. The van der Waals surface area contributed by atoms with E-state index in [0.717, 1.165) is 44.8 Å². The van der Waals surface area contributed by atoms with Gasteiger partial charge in [0.2, 0.25) is 0 Å². The quantitative estimate of drug-likeness (QED) is 0.657. The van der Waals surface area contributed by atoms with E-state index >= 15 is 0 Å². The maximum absolute atomic E-state index is 5.47. The van der Waals surface area contributed by atoms with Gasteiger partial charge < -0.3 is 14.8 Å². The molecule has 1 unspecified atom stereocenters. The van der Waals surface area contributed by atoms with Gasteiger partial charge in [-0.15, -0.1) is 0 Å². The van der Waals surface area contributed by atoms with Crippen LogP contribution in [0.25, 0.3) is 0 Å². The van der Waals surface area contributed by atoms with E-state index in [9.17, 15) is 0 Å². The van der Waals surface area contributed by atoms with Crippen molar-refractivity contribution in [3.05, 3.63) is 28.8 Å². The van der Waals surface area contributed by atoms with Crippen molar-refractivity contribution in [3.8, 4) is 5.75 Å². The van der Waals surface area contributed by atoms with Crippen LogP contribution < -0.4 is 10.1 Å². The fourth-order valence-electron chi connectivity index (χ4n) is 2.63. The molecule has 3 nitrogen and oxygen atoms in total. The molecule has 0 aliphatic rings. The second-order valence-electron chi connectivity index (χ2n) is 5.52. The highest BCUT2D eigenvalue weighted by atomic mass is 16.5. The molecule has 21 heavy (non-hydrogen) atoms. The third-order valence-electron chi connectivity index (χ3n) is 3.79. The third kappa shape index (κ3) is 5.68. The zero-order valence-electron chi connectivity index (χ0n) is 14.3. The maximum atomic E-state index is 5.47. The second-order valence-corrected chi connectivity index (χ2v) is 5.52. The topological polar surface area (TPSA) is 30.5 Å². The Bertz CT molecular complexity index is 418. The van der Waals surface area contributed by atoms with Gasteiger partial charge in [0.15, 0.2) is 0 Å². The van der Waals surface area contributed by atoms with Gasteiger partial charge in [-0.1, -0.05) is 13.0 Å². The van der Waals surface area contributed by atoms with Crippen molar-refractivity contribution in [2.45, 2.75) is 53.0 Å². The monoisotopic (exact) mass is 293 g/mol. The van der Waals surface area contributed by atoms with E-state index in [1.54, 1.807) is 7.11 Å². The van der Waals surface area contributed by atoms with Crippen LogP contribution in [0.15, 0.2) is 12.1 Å². The summed E-state index contributed by atoms with van der Waals surface area (Å²) in [5.74, 6) is 0.972. The van der Waals surface area contributed by atoms with Crippen molar-refractivity contribution in [2.24, 2.45) is 0 Å². The van der Waals surface area contributed by atoms with Gasteiger partial charge in [0.1, 0.15) is 5.75 Å². The van der Waals surface area contributed by atoms with Gasteiger partial charge in [-0.3, -0.25) is 0 Å². The van der Waals surface area contributed by atoms with E-state index < -0.39 is 0 Å². The average molecular weight is 293 g/mol. The number of benzene rings is 1. The minimum absolute atomic E-state index is 0.398.